The number of hydrogen-bond donors (Lipinski definition) is 0. The van der Waals surface area contributed by atoms with Crippen molar-refractivity contribution in [2.45, 2.75) is 0 Å². The molecule has 0 aliphatic rings. The zero-order valence-electron chi connectivity index (χ0n) is 12.5. The maximum atomic E-state index is 14.0. The van der Waals surface area contributed by atoms with Gasteiger partial charge in [0.05, 0.1) is 5.52 Å². The van der Waals surface area contributed by atoms with Crippen LogP contribution in [-0.4, -0.2) is 9.97 Å². The second kappa shape index (κ2) is 6.38. The second-order valence-corrected chi connectivity index (χ2v) is 6.52. The third-order valence-electron chi connectivity index (χ3n) is 3.48. The Hall–Kier alpha value is -2.57. The van der Waals surface area contributed by atoms with Crippen LogP contribution in [0.5, 0.6) is 11.6 Å². The molecule has 0 atom stereocenters. The van der Waals surface area contributed by atoms with Crippen molar-refractivity contribution in [2.75, 3.05) is 0 Å². The summed E-state index contributed by atoms with van der Waals surface area (Å²) in [6.45, 7) is 0. The van der Waals surface area contributed by atoms with E-state index in [0.717, 1.165) is 0 Å². The van der Waals surface area contributed by atoms with Gasteiger partial charge in [-0.05, 0) is 53.9 Å². The van der Waals surface area contributed by atoms with E-state index in [-0.39, 0.29) is 22.5 Å². The minimum atomic E-state index is -0.584. The zero-order chi connectivity index (χ0) is 17.4. The Kier molecular flexibility index (Phi) is 4.07. The maximum absolute atomic E-state index is 14.0. The Morgan fingerprint density at radius 1 is 0.960 bits per heavy atom. The van der Waals surface area contributed by atoms with Gasteiger partial charge in [0, 0.05) is 10.6 Å². The number of nitrogens with zero attached hydrogens (tertiary/aromatic N) is 2. The second-order valence-electron chi connectivity index (χ2n) is 5.17. The van der Waals surface area contributed by atoms with E-state index in [1.807, 2.05) is 11.4 Å². The van der Waals surface area contributed by atoms with Gasteiger partial charge < -0.3 is 4.74 Å². The van der Waals surface area contributed by atoms with Gasteiger partial charge in [0.1, 0.15) is 10.5 Å². The molecule has 0 aliphatic carbocycles. The molecule has 7 heteroatoms. The summed E-state index contributed by atoms with van der Waals surface area (Å²) in [4.78, 5) is 8.84. The molecular formula is C18H9ClF2N2OS. The summed E-state index contributed by atoms with van der Waals surface area (Å²) in [6.07, 6.45) is 0. The van der Waals surface area contributed by atoms with Crippen LogP contribution in [0.3, 0.4) is 0 Å². The summed E-state index contributed by atoms with van der Waals surface area (Å²) in [5.41, 5.74) is 1.31. The van der Waals surface area contributed by atoms with Gasteiger partial charge in [0.25, 0.3) is 0 Å². The van der Waals surface area contributed by atoms with Crippen molar-refractivity contribution in [2.24, 2.45) is 0 Å². The topological polar surface area (TPSA) is 35.0 Å². The molecule has 0 N–H and O–H groups in total. The number of halogens is 3. The van der Waals surface area contributed by atoms with E-state index in [0.29, 0.717) is 21.6 Å². The van der Waals surface area contributed by atoms with Crippen LogP contribution < -0.4 is 4.74 Å². The summed E-state index contributed by atoms with van der Waals surface area (Å²) < 4.78 is 33.5. The summed E-state index contributed by atoms with van der Waals surface area (Å²) in [5.74, 6) is -0.308. The SMILES string of the molecule is Fc1ccc(-c2nc(Oc3ccc(Cl)cc3F)c3sccc3n2)cc1. The van der Waals surface area contributed by atoms with E-state index < -0.39 is 5.82 Å². The highest BCUT2D eigenvalue weighted by molar-refractivity contribution is 7.17. The van der Waals surface area contributed by atoms with E-state index in [9.17, 15) is 8.78 Å². The van der Waals surface area contributed by atoms with Gasteiger partial charge in [-0.2, -0.15) is 4.98 Å². The number of aromatic nitrogens is 2. The molecular weight excluding hydrogens is 366 g/mol. The molecule has 0 saturated carbocycles. The van der Waals surface area contributed by atoms with Crippen LogP contribution in [-0.2, 0) is 0 Å². The molecule has 0 fully saturated rings. The third kappa shape index (κ3) is 3.18. The van der Waals surface area contributed by atoms with Crippen molar-refractivity contribution < 1.29 is 13.5 Å². The quantitative estimate of drug-likeness (QED) is 0.435. The molecule has 0 saturated heterocycles. The van der Waals surface area contributed by atoms with E-state index in [1.54, 1.807) is 12.1 Å². The largest absolute Gasteiger partial charge is 0.434 e. The molecule has 2 aromatic heterocycles. The first-order chi connectivity index (χ1) is 12.1. The Bertz CT molecular complexity index is 1070. The molecule has 2 heterocycles. The van der Waals surface area contributed by atoms with Crippen LogP contribution in [0.2, 0.25) is 5.02 Å². The predicted molar refractivity (Wildman–Crippen MR) is 94.3 cm³/mol. The van der Waals surface area contributed by atoms with Crippen molar-refractivity contribution >= 4 is 33.2 Å². The number of fused-ring (bicyclic) bond motifs is 1. The van der Waals surface area contributed by atoms with Crippen molar-refractivity contribution in [1.82, 2.24) is 9.97 Å². The monoisotopic (exact) mass is 374 g/mol. The molecule has 0 spiro atoms. The molecule has 25 heavy (non-hydrogen) atoms. The fourth-order valence-corrected chi connectivity index (χ4v) is 3.21. The summed E-state index contributed by atoms with van der Waals surface area (Å²) in [5, 5.41) is 2.12. The molecule has 0 radical (unpaired) electrons. The normalized spacial score (nSPS) is 11.0. The van der Waals surface area contributed by atoms with Crippen LogP contribution in [0.15, 0.2) is 53.9 Å². The van der Waals surface area contributed by atoms with Gasteiger partial charge in [-0.3, -0.25) is 0 Å². The van der Waals surface area contributed by atoms with Crippen LogP contribution >= 0.6 is 22.9 Å². The fourth-order valence-electron chi connectivity index (χ4n) is 2.30. The zero-order valence-corrected chi connectivity index (χ0v) is 14.1. The summed E-state index contributed by atoms with van der Waals surface area (Å²) in [6, 6.07) is 11.8. The molecule has 124 valence electrons. The first-order valence-corrected chi connectivity index (χ1v) is 8.50. The summed E-state index contributed by atoms with van der Waals surface area (Å²) in [7, 11) is 0. The summed E-state index contributed by atoms with van der Waals surface area (Å²) >= 11 is 7.16. The number of ether oxygens (including phenoxy) is 1. The van der Waals surface area contributed by atoms with Crippen molar-refractivity contribution in [3.05, 3.63) is 70.6 Å². The minimum absolute atomic E-state index is 0.0165. The molecule has 3 nitrogen and oxygen atoms in total. The number of rotatable bonds is 3. The van der Waals surface area contributed by atoms with Crippen LogP contribution in [0, 0.1) is 11.6 Å². The number of benzene rings is 2. The molecule has 2 aromatic carbocycles. The van der Waals surface area contributed by atoms with Crippen LogP contribution in [0.4, 0.5) is 8.78 Å². The average molecular weight is 375 g/mol. The highest BCUT2D eigenvalue weighted by atomic mass is 35.5. The van der Waals surface area contributed by atoms with Gasteiger partial charge >= 0.3 is 0 Å². The molecule has 0 bridgehead atoms. The van der Waals surface area contributed by atoms with E-state index in [1.165, 1.54) is 41.7 Å². The Morgan fingerprint density at radius 3 is 2.52 bits per heavy atom. The molecule has 0 unspecified atom stereocenters. The number of hydrogen-bond acceptors (Lipinski definition) is 4. The van der Waals surface area contributed by atoms with E-state index in [2.05, 4.69) is 9.97 Å². The van der Waals surface area contributed by atoms with Crippen LogP contribution in [0.1, 0.15) is 0 Å². The fraction of sp³-hybridized carbons (Fsp3) is 0. The van der Waals surface area contributed by atoms with Crippen molar-refractivity contribution in [3.63, 3.8) is 0 Å². The first kappa shape index (κ1) is 15.9. The highest BCUT2D eigenvalue weighted by Gasteiger charge is 2.14. The third-order valence-corrected chi connectivity index (χ3v) is 4.60. The van der Waals surface area contributed by atoms with Crippen molar-refractivity contribution in [3.8, 4) is 23.0 Å². The molecule has 4 rings (SSSR count). The van der Waals surface area contributed by atoms with Gasteiger partial charge in [0.2, 0.25) is 5.88 Å². The standard InChI is InChI=1S/C18H9ClF2N2OS/c19-11-3-6-15(13(21)9-11)24-18-16-14(7-8-25-16)22-17(23-18)10-1-4-12(20)5-2-10/h1-9H. The minimum Gasteiger partial charge on any atom is -0.434 e. The van der Waals surface area contributed by atoms with E-state index >= 15 is 0 Å². The average Bonchev–Trinajstić information content (AvgIpc) is 3.07. The predicted octanol–water partition coefficient (Wildman–Crippen LogP) is 6.08. The van der Waals surface area contributed by atoms with Gasteiger partial charge in [-0.25, -0.2) is 13.8 Å². The lowest BCUT2D eigenvalue weighted by Gasteiger charge is -2.09. The molecule has 0 aliphatic heterocycles. The highest BCUT2D eigenvalue weighted by Crippen LogP contribution is 2.34. The maximum Gasteiger partial charge on any atom is 0.241 e. The lowest BCUT2D eigenvalue weighted by molar-refractivity contribution is 0.433. The van der Waals surface area contributed by atoms with Gasteiger partial charge in [0.15, 0.2) is 17.4 Å². The Balaban J connectivity index is 1.82. The molecule has 4 aromatic rings. The van der Waals surface area contributed by atoms with Crippen molar-refractivity contribution in [1.29, 1.82) is 0 Å². The van der Waals surface area contributed by atoms with Gasteiger partial charge in [-0.1, -0.05) is 11.6 Å². The first-order valence-electron chi connectivity index (χ1n) is 7.24. The lowest BCUT2D eigenvalue weighted by atomic mass is 10.2. The number of thiophene rings is 1. The Morgan fingerprint density at radius 2 is 1.76 bits per heavy atom. The Labute approximate surface area is 150 Å². The molecule has 0 amide bonds. The van der Waals surface area contributed by atoms with Gasteiger partial charge in [-0.15, -0.1) is 11.3 Å². The lowest BCUT2D eigenvalue weighted by Crippen LogP contribution is -1.96. The van der Waals surface area contributed by atoms with Crippen LogP contribution in [0.25, 0.3) is 21.6 Å². The smallest absolute Gasteiger partial charge is 0.241 e. The van der Waals surface area contributed by atoms with E-state index in [4.69, 9.17) is 16.3 Å².